The molecule has 0 radical (unpaired) electrons. The van der Waals surface area contributed by atoms with E-state index in [0.29, 0.717) is 46.9 Å². The number of nitrogens with one attached hydrogen (secondary N) is 1. The van der Waals surface area contributed by atoms with Crippen molar-refractivity contribution >= 4 is 38.7 Å². The highest BCUT2D eigenvalue weighted by molar-refractivity contribution is 6.11. The van der Waals surface area contributed by atoms with Crippen LogP contribution in [-0.4, -0.2) is 35.7 Å². The molecule has 1 N–H and O–H groups in total. The van der Waals surface area contributed by atoms with Crippen molar-refractivity contribution in [3.63, 3.8) is 0 Å². The largest absolute Gasteiger partial charge is 0.497 e. The number of rotatable bonds is 5. The number of hydrogen-bond acceptors (Lipinski definition) is 6. The van der Waals surface area contributed by atoms with Gasteiger partial charge in [0.05, 0.1) is 36.3 Å². The van der Waals surface area contributed by atoms with Gasteiger partial charge in [0.15, 0.2) is 0 Å². The summed E-state index contributed by atoms with van der Waals surface area (Å²) < 4.78 is 17.6. The van der Waals surface area contributed by atoms with Gasteiger partial charge in [0.1, 0.15) is 22.8 Å². The van der Waals surface area contributed by atoms with Crippen LogP contribution in [0.3, 0.4) is 0 Å². The van der Waals surface area contributed by atoms with Crippen molar-refractivity contribution in [1.29, 1.82) is 0 Å². The second-order valence-electron chi connectivity index (χ2n) is 12.6. The molecule has 43 heavy (non-hydrogen) atoms. The lowest BCUT2D eigenvalue weighted by Crippen LogP contribution is -2.46. The van der Waals surface area contributed by atoms with Crippen LogP contribution in [0.2, 0.25) is 0 Å². The Morgan fingerprint density at radius 3 is 2.53 bits per heavy atom. The van der Waals surface area contributed by atoms with Crippen LogP contribution in [0.1, 0.15) is 67.4 Å². The van der Waals surface area contributed by atoms with E-state index in [1.165, 1.54) is 12.0 Å². The smallest absolute Gasteiger partial charge is 0.251 e. The van der Waals surface area contributed by atoms with Gasteiger partial charge in [-0.05, 0) is 68.9 Å². The highest BCUT2D eigenvalue weighted by atomic mass is 16.5. The maximum atomic E-state index is 13.3. The summed E-state index contributed by atoms with van der Waals surface area (Å²) in [6, 6.07) is 19.5. The molecular formula is C36H37N3O4. The monoisotopic (exact) mass is 575 g/mol. The molecule has 2 heterocycles. The van der Waals surface area contributed by atoms with E-state index in [0.717, 1.165) is 51.5 Å². The van der Waals surface area contributed by atoms with Crippen LogP contribution in [0.25, 0.3) is 32.8 Å². The van der Waals surface area contributed by atoms with E-state index in [2.05, 4.69) is 44.3 Å². The van der Waals surface area contributed by atoms with E-state index >= 15 is 0 Å². The number of nitrogens with zero attached hydrogens (tertiary/aromatic N) is 2. The zero-order valence-electron chi connectivity index (χ0n) is 25.4. The number of carbonyl (C=O) groups is 1. The third kappa shape index (κ3) is 4.62. The van der Waals surface area contributed by atoms with Crippen molar-refractivity contribution in [3.05, 3.63) is 77.4 Å². The maximum absolute atomic E-state index is 13.3. The molecule has 4 aromatic carbocycles. The van der Waals surface area contributed by atoms with Crippen LogP contribution >= 0.6 is 0 Å². The van der Waals surface area contributed by atoms with Gasteiger partial charge in [-0.3, -0.25) is 4.79 Å². The molecule has 7 heteroatoms. The van der Waals surface area contributed by atoms with Crippen LogP contribution in [0, 0.1) is 11.8 Å². The summed E-state index contributed by atoms with van der Waals surface area (Å²) in [4.78, 5) is 23.7. The van der Waals surface area contributed by atoms with Crippen molar-refractivity contribution in [2.24, 2.45) is 11.8 Å². The molecule has 220 valence electrons. The summed E-state index contributed by atoms with van der Waals surface area (Å²) in [5.41, 5.74) is 5.58. The van der Waals surface area contributed by atoms with E-state index in [1.54, 1.807) is 14.2 Å². The number of hydrogen-bond donors (Lipinski definition) is 1. The molecule has 0 bridgehead atoms. The zero-order valence-corrected chi connectivity index (χ0v) is 25.4. The molecule has 7 rings (SSSR count). The zero-order chi connectivity index (χ0) is 29.9. The van der Waals surface area contributed by atoms with Crippen LogP contribution in [0.5, 0.6) is 17.2 Å². The van der Waals surface area contributed by atoms with Gasteiger partial charge in [-0.25, -0.2) is 9.97 Å². The van der Waals surface area contributed by atoms with Gasteiger partial charge in [0, 0.05) is 46.0 Å². The normalized spacial score (nSPS) is 20.7. The Labute approximate surface area is 251 Å². The van der Waals surface area contributed by atoms with Crippen molar-refractivity contribution in [2.75, 3.05) is 14.2 Å². The Bertz CT molecular complexity index is 1900. The number of fused-ring (bicyclic) bond motifs is 9. The average Bonchev–Trinajstić information content (AvgIpc) is 3.02. The van der Waals surface area contributed by atoms with E-state index in [9.17, 15) is 4.79 Å². The Morgan fingerprint density at radius 1 is 0.953 bits per heavy atom. The van der Waals surface area contributed by atoms with Gasteiger partial charge < -0.3 is 19.5 Å². The van der Waals surface area contributed by atoms with Crippen molar-refractivity contribution < 1.29 is 19.0 Å². The summed E-state index contributed by atoms with van der Waals surface area (Å²) in [7, 11) is 3.22. The number of ether oxygens (including phenoxy) is 3. The molecule has 1 aliphatic heterocycles. The third-order valence-electron chi connectivity index (χ3n) is 9.53. The standard InChI is InChI=1S/C36H37N3O4/c1-20-10-14-27-26(16-20)31-33-32(24-8-6-7-9-25(24)34(31)43-36(27,2)3)39-29-17-21(12-15-28(29)38-33)35(40)37-19-22-11-13-23(41-4)18-30(22)42-5/h6-9,11-13,15,17-18,20,26-27H,10,14,16,19H2,1-5H3,(H,37,40)/t20-,26+,27+/m1/s1. The quantitative estimate of drug-likeness (QED) is 0.172. The summed E-state index contributed by atoms with van der Waals surface area (Å²) in [5, 5.41) is 5.11. The SMILES string of the molecule is COc1ccc(CNC(=O)c2ccc3nc4c5c(c6ccccc6c4nc3c2)OC(C)(C)[C@H]2CC[C@@H](C)C[C@H]52)c(OC)c1. The minimum absolute atomic E-state index is 0.188. The number of benzene rings is 4. The fourth-order valence-electron chi connectivity index (χ4n) is 7.31. The molecule has 7 nitrogen and oxygen atoms in total. The molecule has 0 spiro atoms. The fraction of sp³-hybridized carbons (Fsp3) is 0.361. The Hall–Kier alpha value is -4.39. The van der Waals surface area contributed by atoms with Gasteiger partial charge in [-0.15, -0.1) is 0 Å². The number of amides is 1. The van der Waals surface area contributed by atoms with Crippen molar-refractivity contribution in [3.8, 4) is 17.2 Å². The minimum atomic E-state index is -0.253. The van der Waals surface area contributed by atoms with E-state index in [-0.39, 0.29) is 11.5 Å². The lowest BCUT2D eigenvalue weighted by Gasteiger charge is -2.49. The second-order valence-corrected chi connectivity index (χ2v) is 12.6. The maximum Gasteiger partial charge on any atom is 0.251 e. The predicted octanol–water partition coefficient (Wildman–Crippen LogP) is 7.57. The number of methoxy groups -OCH3 is 2. The first-order chi connectivity index (χ1) is 20.8. The number of carbonyl (C=O) groups excluding carboxylic acids is 1. The Morgan fingerprint density at radius 2 is 1.74 bits per heavy atom. The molecule has 2 aliphatic rings. The Balaban J connectivity index is 1.31. The first kappa shape index (κ1) is 27.4. The molecule has 1 amide bonds. The first-order valence-corrected chi connectivity index (χ1v) is 15.1. The molecule has 1 fully saturated rings. The van der Waals surface area contributed by atoms with E-state index in [1.807, 2.05) is 42.5 Å². The fourth-order valence-corrected chi connectivity index (χ4v) is 7.31. The van der Waals surface area contributed by atoms with Crippen LogP contribution in [-0.2, 0) is 6.54 Å². The summed E-state index contributed by atoms with van der Waals surface area (Å²) >= 11 is 0. The second kappa shape index (κ2) is 10.4. The van der Waals surface area contributed by atoms with Gasteiger partial charge in [0.25, 0.3) is 5.91 Å². The van der Waals surface area contributed by atoms with Gasteiger partial charge in [-0.1, -0.05) is 37.6 Å². The third-order valence-corrected chi connectivity index (χ3v) is 9.53. The molecule has 3 atom stereocenters. The lowest BCUT2D eigenvalue weighted by molar-refractivity contribution is -0.0115. The summed E-state index contributed by atoms with van der Waals surface area (Å²) in [6.07, 6.45) is 3.49. The molecule has 1 saturated carbocycles. The number of aromatic nitrogens is 2. The van der Waals surface area contributed by atoms with Crippen molar-refractivity contribution in [2.45, 2.75) is 58.1 Å². The molecule has 1 aromatic heterocycles. The molecular weight excluding hydrogens is 538 g/mol. The molecule has 0 saturated heterocycles. The van der Waals surface area contributed by atoms with Gasteiger partial charge in [0.2, 0.25) is 0 Å². The predicted molar refractivity (Wildman–Crippen MR) is 169 cm³/mol. The van der Waals surface area contributed by atoms with Crippen LogP contribution < -0.4 is 19.5 Å². The van der Waals surface area contributed by atoms with Crippen LogP contribution in [0.4, 0.5) is 0 Å². The molecule has 5 aromatic rings. The van der Waals surface area contributed by atoms with E-state index < -0.39 is 0 Å². The summed E-state index contributed by atoms with van der Waals surface area (Å²) in [5.74, 6) is 3.57. The first-order valence-electron chi connectivity index (χ1n) is 15.1. The minimum Gasteiger partial charge on any atom is -0.497 e. The Kier molecular flexibility index (Phi) is 6.64. The highest BCUT2D eigenvalue weighted by Gasteiger charge is 2.47. The topological polar surface area (TPSA) is 82.6 Å². The average molecular weight is 576 g/mol. The van der Waals surface area contributed by atoms with Crippen LogP contribution in [0.15, 0.2) is 60.7 Å². The summed E-state index contributed by atoms with van der Waals surface area (Å²) in [6.45, 7) is 7.17. The highest BCUT2D eigenvalue weighted by Crippen LogP contribution is 2.56. The van der Waals surface area contributed by atoms with Crippen molar-refractivity contribution in [1.82, 2.24) is 15.3 Å². The van der Waals surface area contributed by atoms with Gasteiger partial charge >= 0.3 is 0 Å². The lowest BCUT2D eigenvalue weighted by atomic mass is 9.64. The molecule has 1 aliphatic carbocycles. The van der Waals surface area contributed by atoms with Gasteiger partial charge in [-0.2, -0.15) is 0 Å². The van der Waals surface area contributed by atoms with E-state index in [4.69, 9.17) is 24.2 Å². The molecule has 0 unspecified atom stereocenters.